The van der Waals surface area contributed by atoms with Crippen molar-refractivity contribution in [2.24, 2.45) is 0 Å². The Morgan fingerprint density at radius 2 is 2.05 bits per heavy atom. The second-order valence-electron chi connectivity index (χ2n) is 6.22. The molecule has 1 aliphatic rings. The minimum atomic E-state index is -3.53. The van der Waals surface area contributed by atoms with E-state index in [4.69, 9.17) is 16.3 Å². The van der Waals surface area contributed by atoms with Crippen molar-refractivity contribution in [2.45, 2.75) is 44.3 Å². The first-order valence-electron chi connectivity index (χ1n) is 6.97. The largest absolute Gasteiger partial charge is 0.368 e. The van der Waals surface area contributed by atoms with Gasteiger partial charge in [0.2, 0.25) is 10.0 Å². The van der Waals surface area contributed by atoms with Gasteiger partial charge in [-0.25, -0.2) is 8.42 Å². The zero-order valence-corrected chi connectivity index (χ0v) is 14.5. The van der Waals surface area contributed by atoms with Crippen LogP contribution in [0.25, 0.3) is 0 Å². The zero-order chi connectivity index (χ0) is 15.8. The Bertz CT molecular complexity index is 628. The third kappa shape index (κ3) is 3.59. The highest BCUT2D eigenvalue weighted by Crippen LogP contribution is 2.28. The van der Waals surface area contributed by atoms with E-state index in [1.54, 1.807) is 6.07 Å². The summed E-state index contributed by atoms with van der Waals surface area (Å²) in [5.41, 5.74) is 1.15. The SMILES string of the molecule is Cc1ccc(C)c(S(=O)(=O)N2CC(CCl)OC(C)(C)C2)c1. The topological polar surface area (TPSA) is 46.6 Å². The number of aryl methyl sites for hydroxylation is 2. The number of sulfonamides is 1. The van der Waals surface area contributed by atoms with E-state index in [1.807, 2.05) is 39.8 Å². The van der Waals surface area contributed by atoms with E-state index in [0.29, 0.717) is 18.0 Å². The molecule has 1 atom stereocenters. The Balaban J connectivity index is 2.41. The van der Waals surface area contributed by atoms with Crippen LogP contribution in [0.5, 0.6) is 0 Å². The van der Waals surface area contributed by atoms with Crippen LogP contribution in [0.15, 0.2) is 23.1 Å². The van der Waals surface area contributed by atoms with Crippen molar-refractivity contribution < 1.29 is 13.2 Å². The summed E-state index contributed by atoms with van der Waals surface area (Å²) in [7, 11) is -3.53. The van der Waals surface area contributed by atoms with Gasteiger partial charge in [-0.1, -0.05) is 12.1 Å². The zero-order valence-electron chi connectivity index (χ0n) is 12.9. The molecule has 1 aromatic rings. The normalized spacial score (nSPS) is 23.2. The summed E-state index contributed by atoms with van der Waals surface area (Å²) < 4.78 is 33.2. The monoisotopic (exact) mass is 331 g/mol. The summed E-state index contributed by atoms with van der Waals surface area (Å²) in [4.78, 5) is 0.369. The van der Waals surface area contributed by atoms with E-state index in [-0.39, 0.29) is 12.0 Å². The van der Waals surface area contributed by atoms with Gasteiger partial charge >= 0.3 is 0 Å². The molecule has 1 heterocycles. The van der Waals surface area contributed by atoms with Crippen molar-refractivity contribution >= 4 is 21.6 Å². The molecule has 1 saturated heterocycles. The number of nitrogens with zero attached hydrogens (tertiary/aromatic N) is 1. The fourth-order valence-corrected chi connectivity index (χ4v) is 4.72. The Labute approximate surface area is 132 Å². The van der Waals surface area contributed by atoms with Crippen molar-refractivity contribution in [1.29, 1.82) is 0 Å². The molecule has 0 radical (unpaired) electrons. The van der Waals surface area contributed by atoms with Crippen molar-refractivity contribution in [3.63, 3.8) is 0 Å². The fourth-order valence-electron chi connectivity index (χ4n) is 2.63. The fraction of sp³-hybridized carbons (Fsp3) is 0.600. The van der Waals surface area contributed by atoms with E-state index in [2.05, 4.69) is 0 Å². The number of halogens is 1. The maximum Gasteiger partial charge on any atom is 0.243 e. The predicted molar refractivity (Wildman–Crippen MR) is 84.3 cm³/mol. The third-order valence-electron chi connectivity index (χ3n) is 3.58. The number of hydrogen-bond donors (Lipinski definition) is 0. The minimum Gasteiger partial charge on any atom is -0.368 e. The van der Waals surface area contributed by atoms with E-state index >= 15 is 0 Å². The number of benzene rings is 1. The quantitative estimate of drug-likeness (QED) is 0.800. The summed E-state index contributed by atoms with van der Waals surface area (Å²) in [6.45, 7) is 8.10. The van der Waals surface area contributed by atoms with E-state index in [1.165, 1.54) is 4.31 Å². The molecule has 21 heavy (non-hydrogen) atoms. The van der Waals surface area contributed by atoms with Gasteiger partial charge in [-0.15, -0.1) is 11.6 Å². The number of rotatable bonds is 3. The number of hydrogen-bond acceptors (Lipinski definition) is 3. The van der Waals surface area contributed by atoms with Crippen LogP contribution in [0.1, 0.15) is 25.0 Å². The Morgan fingerprint density at radius 1 is 1.38 bits per heavy atom. The van der Waals surface area contributed by atoms with Crippen LogP contribution in [0, 0.1) is 13.8 Å². The minimum absolute atomic E-state index is 0.280. The summed E-state index contributed by atoms with van der Waals surface area (Å²) in [5, 5.41) is 0. The average molecular weight is 332 g/mol. The second-order valence-corrected chi connectivity index (χ2v) is 8.44. The molecule has 4 nitrogen and oxygen atoms in total. The molecule has 0 aromatic heterocycles. The molecule has 118 valence electrons. The molecule has 6 heteroatoms. The molecule has 0 N–H and O–H groups in total. The average Bonchev–Trinajstić information content (AvgIpc) is 2.39. The van der Waals surface area contributed by atoms with Gasteiger partial charge in [0.05, 0.1) is 16.6 Å². The Kier molecular flexibility index (Phi) is 4.69. The van der Waals surface area contributed by atoms with Crippen LogP contribution in [0.4, 0.5) is 0 Å². The molecule has 2 rings (SSSR count). The first kappa shape index (κ1) is 16.7. The predicted octanol–water partition coefficient (Wildman–Crippen LogP) is 2.71. The smallest absolute Gasteiger partial charge is 0.243 e. The van der Waals surface area contributed by atoms with Crippen LogP contribution in [0.2, 0.25) is 0 Å². The lowest BCUT2D eigenvalue weighted by molar-refractivity contribution is -0.107. The summed E-state index contributed by atoms with van der Waals surface area (Å²) in [5.74, 6) is 0.280. The summed E-state index contributed by atoms with van der Waals surface area (Å²) >= 11 is 5.88. The van der Waals surface area contributed by atoms with Gasteiger partial charge in [0.1, 0.15) is 0 Å². The molecule has 0 amide bonds. The number of morpholine rings is 1. The maximum absolute atomic E-state index is 12.9. The Hall–Kier alpha value is -0.620. The molecule has 1 unspecified atom stereocenters. The molecule has 1 fully saturated rings. The van der Waals surface area contributed by atoms with Gasteiger partial charge in [0.15, 0.2) is 0 Å². The van der Waals surface area contributed by atoms with Gasteiger partial charge in [0.25, 0.3) is 0 Å². The molecular weight excluding hydrogens is 310 g/mol. The highest BCUT2D eigenvalue weighted by Gasteiger charge is 2.39. The van der Waals surface area contributed by atoms with Crippen molar-refractivity contribution in [3.8, 4) is 0 Å². The van der Waals surface area contributed by atoms with Crippen LogP contribution >= 0.6 is 11.6 Å². The standard InChI is InChI=1S/C15H22ClNO3S/c1-11-5-6-12(2)14(7-11)21(18,19)17-9-13(8-16)20-15(3,4)10-17/h5-7,13H,8-10H2,1-4H3. The molecular formula is C15H22ClNO3S. The van der Waals surface area contributed by atoms with Crippen molar-refractivity contribution in [3.05, 3.63) is 29.3 Å². The lowest BCUT2D eigenvalue weighted by Gasteiger charge is -2.41. The molecule has 0 saturated carbocycles. The molecule has 0 spiro atoms. The third-order valence-corrected chi connectivity index (χ3v) is 5.88. The molecule has 1 aliphatic heterocycles. The first-order valence-corrected chi connectivity index (χ1v) is 8.94. The maximum atomic E-state index is 12.9. The van der Waals surface area contributed by atoms with Crippen LogP contribution < -0.4 is 0 Å². The summed E-state index contributed by atoms with van der Waals surface area (Å²) in [6, 6.07) is 5.48. The Morgan fingerprint density at radius 3 is 2.67 bits per heavy atom. The molecule has 0 aliphatic carbocycles. The highest BCUT2D eigenvalue weighted by molar-refractivity contribution is 7.89. The van der Waals surface area contributed by atoms with Crippen LogP contribution in [0.3, 0.4) is 0 Å². The van der Waals surface area contributed by atoms with Gasteiger partial charge in [-0.05, 0) is 44.9 Å². The lowest BCUT2D eigenvalue weighted by Crippen LogP contribution is -2.55. The summed E-state index contributed by atoms with van der Waals surface area (Å²) in [6.07, 6.45) is -0.282. The van der Waals surface area contributed by atoms with Crippen LogP contribution in [-0.2, 0) is 14.8 Å². The van der Waals surface area contributed by atoms with Crippen molar-refractivity contribution in [1.82, 2.24) is 4.31 Å². The van der Waals surface area contributed by atoms with E-state index in [9.17, 15) is 8.42 Å². The first-order chi connectivity index (χ1) is 9.65. The van der Waals surface area contributed by atoms with Gasteiger partial charge in [-0.2, -0.15) is 4.31 Å². The van der Waals surface area contributed by atoms with Crippen LogP contribution in [-0.4, -0.2) is 43.4 Å². The second kappa shape index (κ2) is 5.88. The van der Waals surface area contributed by atoms with E-state index < -0.39 is 15.6 Å². The van der Waals surface area contributed by atoms with E-state index in [0.717, 1.165) is 11.1 Å². The van der Waals surface area contributed by atoms with Gasteiger partial charge in [0, 0.05) is 19.0 Å². The highest BCUT2D eigenvalue weighted by atomic mass is 35.5. The van der Waals surface area contributed by atoms with Gasteiger partial charge in [-0.3, -0.25) is 0 Å². The molecule has 1 aromatic carbocycles. The number of alkyl halides is 1. The number of ether oxygens (including phenoxy) is 1. The lowest BCUT2D eigenvalue weighted by atomic mass is 10.1. The van der Waals surface area contributed by atoms with Crippen molar-refractivity contribution in [2.75, 3.05) is 19.0 Å². The molecule has 0 bridgehead atoms. The van der Waals surface area contributed by atoms with Gasteiger partial charge < -0.3 is 4.74 Å².